The molecule has 3 rings (SSSR count). The maximum Gasteiger partial charge on any atom is 0.326 e. The van der Waals surface area contributed by atoms with Crippen LogP contribution in [-0.4, -0.2) is 53.8 Å². The van der Waals surface area contributed by atoms with Crippen LogP contribution in [0.4, 0.5) is 10.1 Å². The van der Waals surface area contributed by atoms with Crippen molar-refractivity contribution in [3.05, 3.63) is 39.9 Å². The molecule has 31 heavy (non-hydrogen) atoms. The Balaban J connectivity index is 2.04. The van der Waals surface area contributed by atoms with Crippen LogP contribution < -0.4 is 21.0 Å². The van der Waals surface area contributed by atoms with Gasteiger partial charge in [-0.1, -0.05) is 13.8 Å². The minimum Gasteiger partial charge on any atom is -0.480 e. The highest BCUT2D eigenvalue weighted by Crippen LogP contribution is 2.25. The summed E-state index contributed by atoms with van der Waals surface area (Å²) in [4.78, 5) is 39.2. The Morgan fingerprint density at radius 2 is 1.94 bits per heavy atom. The molecule has 1 saturated heterocycles. The number of carbonyl (C=O) groups excluding carboxylic acids is 1. The second kappa shape index (κ2) is 9.47. The van der Waals surface area contributed by atoms with Crippen molar-refractivity contribution in [3.63, 3.8) is 0 Å². The number of carboxylic acid groups (broad SMARTS) is 1. The lowest BCUT2D eigenvalue weighted by Crippen LogP contribution is -2.44. The van der Waals surface area contributed by atoms with E-state index in [0.29, 0.717) is 30.8 Å². The Morgan fingerprint density at radius 3 is 2.52 bits per heavy atom. The van der Waals surface area contributed by atoms with Gasteiger partial charge in [0, 0.05) is 44.3 Å². The van der Waals surface area contributed by atoms with Crippen LogP contribution in [0, 0.1) is 11.7 Å². The summed E-state index contributed by atoms with van der Waals surface area (Å²) in [7, 11) is 0. The third-order valence-electron chi connectivity index (χ3n) is 5.50. The van der Waals surface area contributed by atoms with Crippen molar-refractivity contribution >= 4 is 28.5 Å². The van der Waals surface area contributed by atoms with Crippen LogP contribution in [0.1, 0.15) is 37.6 Å². The third kappa shape index (κ3) is 4.87. The van der Waals surface area contributed by atoms with Crippen molar-refractivity contribution in [1.29, 1.82) is 0 Å². The van der Waals surface area contributed by atoms with Gasteiger partial charge in [-0.25, -0.2) is 9.18 Å². The zero-order valence-corrected chi connectivity index (χ0v) is 18.1. The van der Waals surface area contributed by atoms with Gasteiger partial charge in [-0.2, -0.15) is 0 Å². The molecule has 2 aromatic rings. The molecule has 8 nitrogen and oxygen atoms in total. The van der Waals surface area contributed by atoms with Gasteiger partial charge in [0.15, 0.2) is 0 Å². The number of nitrogens with one attached hydrogen (secondary N) is 2. The third-order valence-corrected chi connectivity index (χ3v) is 5.50. The molecule has 1 aliphatic rings. The number of carbonyl (C=O) groups is 2. The van der Waals surface area contributed by atoms with Crippen molar-refractivity contribution < 1.29 is 19.1 Å². The molecule has 1 amide bonds. The summed E-state index contributed by atoms with van der Waals surface area (Å²) in [6, 6.07) is 1.73. The van der Waals surface area contributed by atoms with Crippen molar-refractivity contribution in [2.75, 3.05) is 31.1 Å². The fourth-order valence-electron chi connectivity index (χ4n) is 3.90. The Kier molecular flexibility index (Phi) is 6.94. The van der Waals surface area contributed by atoms with Crippen LogP contribution in [0.2, 0.25) is 0 Å². The maximum absolute atomic E-state index is 14.9. The lowest BCUT2D eigenvalue weighted by Gasteiger charge is -2.30. The minimum absolute atomic E-state index is 0.0443. The zero-order chi connectivity index (χ0) is 22.7. The van der Waals surface area contributed by atoms with E-state index in [9.17, 15) is 23.9 Å². The highest BCUT2D eigenvalue weighted by molar-refractivity contribution is 5.99. The summed E-state index contributed by atoms with van der Waals surface area (Å²) >= 11 is 0. The summed E-state index contributed by atoms with van der Waals surface area (Å²) in [6.45, 7) is 8.83. The molecular weight excluding hydrogens is 403 g/mol. The van der Waals surface area contributed by atoms with E-state index in [-0.39, 0.29) is 23.3 Å². The Morgan fingerprint density at radius 1 is 1.26 bits per heavy atom. The molecule has 1 aromatic heterocycles. The van der Waals surface area contributed by atoms with E-state index in [0.717, 1.165) is 13.1 Å². The monoisotopic (exact) mass is 432 g/mol. The number of aromatic nitrogens is 1. The number of anilines is 1. The number of halogens is 1. The van der Waals surface area contributed by atoms with E-state index in [1.165, 1.54) is 12.3 Å². The number of carboxylic acids is 1. The normalized spacial score (nSPS) is 15.3. The lowest BCUT2D eigenvalue weighted by atomic mass is 10.0. The summed E-state index contributed by atoms with van der Waals surface area (Å²) in [5.41, 5.74) is 0.155. The number of aryl methyl sites for hydroxylation is 1. The second-order valence-electron chi connectivity index (χ2n) is 8.21. The van der Waals surface area contributed by atoms with Gasteiger partial charge < -0.3 is 25.2 Å². The number of hydrogen-bond acceptors (Lipinski definition) is 5. The Hall–Kier alpha value is -2.94. The van der Waals surface area contributed by atoms with E-state index in [2.05, 4.69) is 10.6 Å². The molecule has 3 N–H and O–H groups in total. The molecule has 168 valence electrons. The van der Waals surface area contributed by atoms with Crippen LogP contribution in [0.25, 0.3) is 10.9 Å². The van der Waals surface area contributed by atoms with Gasteiger partial charge in [-0.05, 0) is 31.4 Å². The molecule has 1 aromatic carbocycles. The second-order valence-corrected chi connectivity index (χ2v) is 8.21. The molecule has 1 fully saturated rings. The summed E-state index contributed by atoms with van der Waals surface area (Å²) in [5.74, 6) is -2.41. The topological polar surface area (TPSA) is 104 Å². The smallest absolute Gasteiger partial charge is 0.326 e. The predicted octanol–water partition coefficient (Wildman–Crippen LogP) is 1.80. The van der Waals surface area contributed by atoms with Crippen molar-refractivity contribution in [2.24, 2.45) is 5.92 Å². The number of aliphatic carboxylic acids is 1. The van der Waals surface area contributed by atoms with Gasteiger partial charge >= 0.3 is 5.97 Å². The van der Waals surface area contributed by atoms with Crippen LogP contribution >= 0.6 is 0 Å². The van der Waals surface area contributed by atoms with Crippen molar-refractivity contribution in [3.8, 4) is 0 Å². The lowest BCUT2D eigenvalue weighted by molar-refractivity contribution is -0.139. The molecule has 1 atom stereocenters. The van der Waals surface area contributed by atoms with Gasteiger partial charge in [-0.3, -0.25) is 9.59 Å². The van der Waals surface area contributed by atoms with Gasteiger partial charge in [0.2, 0.25) is 5.43 Å². The first-order valence-corrected chi connectivity index (χ1v) is 10.6. The SMILES string of the molecule is CCn1cc(C(=O)N[C@@H](CC(C)C)C(=O)O)c(=O)c2cc(F)c(N3CCNCC3)cc21. The summed E-state index contributed by atoms with van der Waals surface area (Å²) in [5, 5.41) is 15.2. The van der Waals surface area contributed by atoms with Crippen molar-refractivity contribution in [2.45, 2.75) is 39.8 Å². The molecule has 0 spiro atoms. The number of amides is 1. The molecule has 0 saturated carbocycles. The number of rotatable bonds is 7. The average Bonchev–Trinajstić information content (AvgIpc) is 2.73. The highest BCUT2D eigenvalue weighted by atomic mass is 19.1. The predicted molar refractivity (Wildman–Crippen MR) is 117 cm³/mol. The number of nitrogens with zero attached hydrogens (tertiary/aromatic N) is 2. The molecule has 2 heterocycles. The highest BCUT2D eigenvalue weighted by Gasteiger charge is 2.25. The number of pyridine rings is 1. The Labute approximate surface area is 180 Å². The Bertz CT molecular complexity index is 1040. The van der Waals surface area contributed by atoms with Gasteiger partial charge in [0.1, 0.15) is 17.4 Å². The fraction of sp³-hybridized carbons (Fsp3) is 0.500. The zero-order valence-electron chi connectivity index (χ0n) is 18.1. The standard InChI is InChI=1S/C22H29FN4O4/c1-4-26-12-15(21(29)25-17(22(30)31)9-13(2)3)20(28)14-10-16(23)19(11-18(14)26)27-7-5-24-6-8-27/h10-13,17,24H,4-9H2,1-3H3,(H,25,29)(H,30,31)/t17-/m0/s1. The van der Waals surface area contributed by atoms with E-state index in [1.54, 1.807) is 10.6 Å². The fourth-order valence-corrected chi connectivity index (χ4v) is 3.90. The van der Waals surface area contributed by atoms with E-state index in [4.69, 9.17) is 0 Å². The molecule has 1 aliphatic heterocycles. The quantitative estimate of drug-likeness (QED) is 0.617. The molecular formula is C22H29FN4O4. The van der Waals surface area contributed by atoms with Crippen LogP contribution in [0.3, 0.4) is 0 Å². The van der Waals surface area contributed by atoms with E-state index in [1.807, 2.05) is 25.7 Å². The van der Waals surface area contributed by atoms with E-state index < -0.39 is 29.2 Å². The summed E-state index contributed by atoms with van der Waals surface area (Å²) in [6.07, 6.45) is 1.66. The van der Waals surface area contributed by atoms with Crippen LogP contribution in [0.5, 0.6) is 0 Å². The van der Waals surface area contributed by atoms with Crippen LogP contribution in [0.15, 0.2) is 23.1 Å². The maximum atomic E-state index is 14.9. The molecule has 0 bridgehead atoms. The first-order valence-electron chi connectivity index (χ1n) is 10.6. The summed E-state index contributed by atoms with van der Waals surface area (Å²) < 4.78 is 16.6. The molecule has 9 heteroatoms. The largest absolute Gasteiger partial charge is 0.480 e. The number of piperazine rings is 1. The first kappa shape index (κ1) is 22.7. The molecule has 0 radical (unpaired) electrons. The van der Waals surface area contributed by atoms with Crippen molar-refractivity contribution in [1.82, 2.24) is 15.2 Å². The van der Waals surface area contributed by atoms with E-state index >= 15 is 0 Å². The first-order chi connectivity index (χ1) is 14.7. The molecule has 0 aliphatic carbocycles. The molecule has 0 unspecified atom stereocenters. The van der Waals surface area contributed by atoms with Gasteiger partial charge in [0.25, 0.3) is 5.91 Å². The average molecular weight is 432 g/mol. The number of fused-ring (bicyclic) bond motifs is 1. The van der Waals surface area contributed by atoms with Gasteiger partial charge in [-0.15, -0.1) is 0 Å². The minimum atomic E-state index is -1.16. The van der Waals surface area contributed by atoms with Crippen LogP contribution in [-0.2, 0) is 11.3 Å². The van der Waals surface area contributed by atoms with Gasteiger partial charge in [0.05, 0.1) is 11.2 Å². The number of benzene rings is 1. The number of hydrogen-bond donors (Lipinski definition) is 3.